The van der Waals surface area contributed by atoms with Crippen LogP contribution in [0.15, 0.2) is 72.9 Å². The minimum Gasteiger partial charge on any atom is -0.320 e. The zero-order valence-electron chi connectivity index (χ0n) is 19.0. The second-order valence-electron chi connectivity index (χ2n) is 8.46. The fourth-order valence-corrected chi connectivity index (χ4v) is 6.15. The Morgan fingerprint density at radius 3 is 2.69 bits per heavy atom. The average molecular weight is 498 g/mol. The molecule has 1 N–H and O–H groups in total. The summed E-state index contributed by atoms with van der Waals surface area (Å²) in [4.78, 5) is 30.5. The molecule has 174 valence electrons. The molecule has 0 aliphatic carbocycles. The Labute approximate surface area is 211 Å². The van der Waals surface area contributed by atoms with E-state index in [9.17, 15) is 4.79 Å². The third-order valence-corrected chi connectivity index (χ3v) is 8.01. The molecule has 1 saturated heterocycles. The van der Waals surface area contributed by atoms with Crippen LogP contribution >= 0.6 is 23.1 Å². The molecule has 0 unspecified atom stereocenters. The lowest BCUT2D eigenvalue weighted by Crippen LogP contribution is -2.31. The fraction of sp³-hybridized carbons (Fsp3) is 0.185. The van der Waals surface area contributed by atoms with E-state index in [4.69, 9.17) is 4.98 Å². The van der Waals surface area contributed by atoms with Crippen molar-refractivity contribution in [2.24, 2.45) is 0 Å². The summed E-state index contributed by atoms with van der Waals surface area (Å²) in [6, 6.07) is 21.3. The molecule has 2 aromatic carbocycles. The van der Waals surface area contributed by atoms with Gasteiger partial charge >= 0.3 is 0 Å². The Morgan fingerprint density at radius 1 is 0.943 bits per heavy atom. The summed E-state index contributed by atoms with van der Waals surface area (Å²) >= 11 is 3.55. The second-order valence-corrected chi connectivity index (χ2v) is 10.7. The van der Waals surface area contributed by atoms with Gasteiger partial charge in [-0.05, 0) is 35.9 Å². The minimum atomic E-state index is -0.246. The van der Waals surface area contributed by atoms with Crippen LogP contribution in [-0.2, 0) is 6.54 Å². The Balaban J connectivity index is 1.26. The Kier molecular flexibility index (Phi) is 6.16. The highest BCUT2D eigenvalue weighted by atomic mass is 32.2. The number of thiazole rings is 1. The van der Waals surface area contributed by atoms with Crippen molar-refractivity contribution in [2.75, 3.05) is 29.9 Å². The predicted octanol–water partition coefficient (Wildman–Crippen LogP) is 5.71. The topological polar surface area (TPSA) is 71.0 Å². The van der Waals surface area contributed by atoms with Crippen LogP contribution in [0.4, 0.5) is 5.69 Å². The van der Waals surface area contributed by atoms with Gasteiger partial charge in [0.1, 0.15) is 21.0 Å². The predicted molar refractivity (Wildman–Crippen MR) is 145 cm³/mol. The number of hydrogen-bond donors (Lipinski definition) is 1. The Bertz CT molecular complexity index is 1530. The lowest BCUT2D eigenvalue weighted by atomic mass is 10.1. The van der Waals surface area contributed by atoms with Crippen molar-refractivity contribution in [2.45, 2.75) is 6.54 Å². The number of nitrogens with zero attached hydrogens (tertiary/aromatic N) is 4. The van der Waals surface area contributed by atoms with E-state index in [1.54, 1.807) is 6.07 Å². The van der Waals surface area contributed by atoms with Gasteiger partial charge in [0.2, 0.25) is 0 Å². The molecule has 0 bridgehead atoms. The van der Waals surface area contributed by atoms with E-state index in [-0.39, 0.29) is 5.91 Å². The highest BCUT2D eigenvalue weighted by Crippen LogP contribution is 2.34. The zero-order valence-corrected chi connectivity index (χ0v) is 20.6. The summed E-state index contributed by atoms with van der Waals surface area (Å²) in [5.74, 6) is 2.13. The molecule has 0 atom stereocenters. The SMILES string of the molecule is O=C(Nc1ccccc1-c1nc2cc(CN3CCSCC3)cnc2s1)c1ccc2ccccc2n1. The molecule has 0 saturated carbocycles. The van der Waals surface area contributed by atoms with E-state index >= 15 is 0 Å². The van der Waals surface area contributed by atoms with Gasteiger partial charge in [-0.1, -0.05) is 47.7 Å². The quantitative estimate of drug-likeness (QED) is 0.336. The van der Waals surface area contributed by atoms with E-state index in [1.165, 1.54) is 28.4 Å². The summed E-state index contributed by atoms with van der Waals surface area (Å²) in [6.07, 6.45) is 1.96. The molecular weight excluding hydrogens is 474 g/mol. The standard InChI is InChI=1S/C27H23N5OS2/c33-25(23-10-9-19-5-1-3-7-21(19)29-23)30-22-8-4-2-6-20(22)26-31-24-15-18(16-28-27(24)35-26)17-32-11-13-34-14-12-32/h1-10,15-16H,11-14,17H2,(H,30,33). The van der Waals surface area contributed by atoms with E-state index in [0.29, 0.717) is 11.4 Å². The second kappa shape index (κ2) is 9.73. The van der Waals surface area contributed by atoms with Crippen LogP contribution in [0.1, 0.15) is 16.1 Å². The summed E-state index contributed by atoms with van der Waals surface area (Å²) in [5.41, 5.74) is 4.84. The van der Waals surface area contributed by atoms with Crippen molar-refractivity contribution < 1.29 is 4.79 Å². The summed E-state index contributed by atoms with van der Waals surface area (Å²) in [5, 5.41) is 4.88. The molecule has 35 heavy (non-hydrogen) atoms. The number of rotatable bonds is 5. The van der Waals surface area contributed by atoms with E-state index < -0.39 is 0 Å². The van der Waals surface area contributed by atoms with Gasteiger partial charge in [-0.2, -0.15) is 11.8 Å². The first-order valence-corrected chi connectivity index (χ1v) is 13.5. The minimum absolute atomic E-state index is 0.246. The van der Waals surface area contributed by atoms with E-state index in [0.717, 1.165) is 51.5 Å². The molecule has 1 amide bonds. The van der Waals surface area contributed by atoms with Crippen molar-refractivity contribution in [1.29, 1.82) is 0 Å². The molecule has 6 nitrogen and oxygen atoms in total. The van der Waals surface area contributed by atoms with Gasteiger partial charge in [0.15, 0.2) is 0 Å². The fourth-order valence-electron chi connectivity index (χ4n) is 4.24. The lowest BCUT2D eigenvalue weighted by Gasteiger charge is -2.25. The molecule has 5 aromatic rings. The number of nitrogens with one attached hydrogen (secondary N) is 1. The number of thioether (sulfide) groups is 1. The molecular formula is C27H23N5OS2. The number of carbonyl (C=O) groups is 1. The normalized spacial score (nSPS) is 14.4. The van der Waals surface area contributed by atoms with Gasteiger partial charge in [0, 0.05) is 48.3 Å². The molecule has 1 fully saturated rings. The molecule has 1 aliphatic rings. The Morgan fingerprint density at radius 2 is 1.77 bits per heavy atom. The van der Waals surface area contributed by atoms with Crippen molar-refractivity contribution in [1.82, 2.24) is 19.9 Å². The third-order valence-electron chi connectivity index (χ3n) is 6.05. The van der Waals surface area contributed by atoms with Crippen LogP contribution in [0.25, 0.3) is 31.8 Å². The number of hydrogen-bond acceptors (Lipinski definition) is 7. The van der Waals surface area contributed by atoms with Gasteiger partial charge < -0.3 is 5.32 Å². The number of amides is 1. The van der Waals surface area contributed by atoms with E-state index in [1.807, 2.05) is 72.6 Å². The van der Waals surface area contributed by atoms with Crippen molar-refractivity contribution in [3.63, 3.8) is 0 Å². The first kappa shape index (κ1) is 22.2. The number of benzene rings is 2. The smallest absolute Gasteiger partial charge is 0.274 e. The maximum Gasteiger partial charge on any atom is 0.274 e. The number of anilines is 1. The van der Waals surface area contributed by atoms with Gasteiger partial charge in [-0.25, -0.2) is 15.0 Å². The van der Waals surface area contributed by atoms with E-state index in [2.05, 4.69) is 26.3 Å². The van der Waals surface area contributed by atoms with Crippen molar-refractivity contribution in [3.8, 4) is 10.6 Å². The van der Waals surface area contributed by atoms with Crippen molar-refractivity contribution in [3.05, 3.63) is 84.2 Å². The Hall–Kier alpha value is -3.33. The van der Waals surface area contributed by atoms with Crippen LogP contribution < -0.4 is 5.32 Å². The number of pyridine rings is 2. The summed E-state index contributed by atoms with van der Waals surface area (Å²) in [7, 11) is 0. The van der Waals surface area contributed by atoms with Gasteiger partial charge in [0.05, 0.1) is 11.2 Å². The highest BCUT2D eigenvalue weighted by molar-refractivity contribution is 7.99. The molecule has 3 aromatic heterocycles. The molecule has 8 heteroatoms. The summed E-state index contributed by atoms with van der Waals surface area (Å²) < 4.78 is 0. The lowest BCUT2D eigenvalue weighted by molar-refractivity contribution is 0.102. The molecule has 4 heterocycles. The monoisotopic (exact) mass is 497 g/mol. The average Bonchev–Trinajstić information content (AvgIpc) is 3.32. The maximum atomic E-state index is 13.0. The van der Waals surface area contributed by atoms with Crippen LogP contribution in [0.3, 0.4) is 0 Å². The van der Waals surface area contributed by atoms with Crippen LogP contribution in [0.2, 0.25) is 0 Å². The van der Waals surface area contributed by atoms with Gasteiger partial charge in [-0.3, -0.25) is 9.69 Å². The molecule has 6 rings (SSSR count). The van der Waals surface area contributed by atoms with Crippen LogP contribution in [-0.4, -0.2) is 50.4 Å². The van der Waals surface area contributed by atoms with Crippen molar-refractivity contribution >= 4 is 55.9 Å². The largest absolute Gasteiger partial charge is 0.320 e. The van der Waals surface area contributed by atoms with Crippen LogP contribution in [0, 0.1) is 0 Å². The van der Waals surface area contributed by atoms with Gasteiger partial charge in [0.25, 0.3) is 5.91 Å². The molecule has 1 aliphatic heterocycles. The first-order chi connectivity index (χ1) is 17.2. The number of carbonyl (C=O) groups excluding carboxylic acids is 1. The molecule has 0 spiro atoms. The number of fused-ring (bicyclic) bond motifs is 2. The number of para-hydroxylation sites is 2. The highest BCUT2D eigenvalue weighted by Gasteiger charge is 2.16. The van der Waals surface area contributed by atoms with Crippen LogP contribution in [0.5, 0.6) is 0 Å². The van der Waals surface area contributed by atoms with Gasteiger partial charge in [-0.15, -0.1) is 0 Å². The maximum absolute atomic E-state index is 13.0. The zero-order chi connectivity index (χ0) is 23.6. The molecule has 0 radical (unpaired) electrons. The summed E-state index contributed by atoms with van der Waals surface area (Å²) in [6.45, 7) is 3.13. The number of aromatic nitrogens is 3. The third kappa shape index (κ3) is 4.77. The first-order valence-electron chi connectivity index (χ1n) is 11.5.